The van der Waals surface area contributed by atoms with Crippen molar-refractivity contribution in [2.24, 2.45) is 5.92 Å². The van der Waals surface area contributed by atoms with Crippen LogP contribution in [0.2, 0.25) is 0 Å². The molecule has 0 heterocycles. The number of benzene rings is 1. The molecule has 0 radical (unpaired) electrons. The Labute approximate surface area is 103 Å². The summed E-state index contributed by atoms with van der Waals surface area (Å²) in [6, 6.07) is 7.70. The van der Waals surface area contributed by atoms with E-state index in [1.807, 2.05) is 24.3 Å². The standard InChI is InChI=1S/C12H13BrO3/c1-15-12(14)8-6-11(7-8)16-10-4-2-9(13)3-5-10/h2-5,8,11H,6-7H2,1H3/t8-,11+. The fourth-order valence-electron chi connectivity index (χ4n) is 1.73. The van der Waals surface area contributed by atoms with Crippen molar-refractivity contribution < 1.29 is 14.3 Å². The largest absolute Gasteiger partial charge is 0.490 e. The molecular weight excluding hydrogens is 272 g/mol. The predicted molar refractivity (Wildman–Crippen MR) is 63.3 cm³/mol. The molecular formula is C12H13BrO3. The second-order valence-corrected chi connectivity index (χ2v) is 4.80. The van der Waals surface area contributed by atoms with Crippen LogP contribution in [0.4, 0.5) is 0 Å². The average Bonchev–Trinajstić information content (AvgIpc) is 2.24. The van der Waals surface area contributed by atoms with E-state index in [9.17, 15) is 4.79 Å². The van der Waals surface area contributed by atoms with Gasteiger partial charge < -0.3 is 9.47 Å². The fraction of sp³-hybridized carbons (Fsp3) is 0.417. The maximum Gasteiger partial charge on any atom is 0.308 e. The summed E-state index contributed by atoms with van der Waals surface area (Å²) < 4.78 is 11.4. The Balaban J connectivity index is 1.81. The minimum atomic E-state index is -0.129. The summed E-state index contributed by atoms with van der Waals surface area (Å²) in [5.74, 6) is 0.734. The van der Waals surface area contributed by atoms with Crippen molar-refractivity contribution in [2.75, 3.05) is 7.11 Å². The average molecular weight is 285 g/mol. The lowest BCUT2D eigenvalue weighted by Gasteiger charge is -2.33. The number of methoxy groups -OCH3 is 1. The van der Waals surface area contributed by atoms with Gasteiger partial charge in [0.25, 0.3) is 0 Å². The zero-order valence-electron chi connectivity index (χ0n) is 8.98. The zero-order valence-corrected chi connectivity index (χ0v) is 10.6. The highest BCUT2D eigenvalue weighted by Gasteiger charge is 2.36. The first kappa shape index (κ1) is 11.5. The van der Waals surface area contributed by atoms with Crippen molar-refractivity contribution >= 4 is 21.9 Å². The van der Waals surface area contributed by atoms with Crippen LogP contribution in [-0.4, -0.2) is 19.2 Å². The summed E-state index contributed by atoms with van der Waals surface area (Å²) in [6.45, 7) is 0. The van der Waals surface area contributed by atoms with Gasteiger partial charge in [0, 0.05) is 4.47 Å². The number of esters is 1. The van der Waals surface area contributed by atoms with Gasteiger partial charge in [-0.1, -0.05) is 15.9 Å². The van der Waals surface area contributed by atoms with Crippen molar-refractivity contribution in [3.63, 3.8) is 0 Å². The van der Waals surface area contributed by atoms with Gasteiger partial charge in [0.15, 0.2) is 0 Å². The molecule has 86 valence electrons. The molecule has 3 nitrogen and oxygen atoms in total. The third kappa shape index (κ3) is 2.55. The van der Waals surface area contributed by atoms with E-state index in [1.54, 1.807) is 0 Å². The lowest BCUT2D eigenvalue weighted by atomic mass is 9.82. The van der Waals surface area contributed by atoms with Crippen molar-refractivity contribution in [2.45, 2.75) is 18.9 Å². The molecule has 0 atom stereocenters. The molecule has 1 aliphatic carbocycles. The first-order valence-electron chi connectivity index (χ1n) is 5.19. The van der Waals surface area contributed by atoms with E-state index in [4.69, 9.17) is 4.74 Å². The summed E-state index contributed by atoms with van der Waals surface area (Å²) in [7, 11) is 1.42. The molecule has 2 rings (SSSR count). The van der Waals surface area contributed by atoms with Crippen LogP contribution in [0.25, 0.3) is 0 Å². The minimum absolute atomic E-state index is 0.0189. The Kier molecular flexibility index (Phi) is 3.49. The van der Waals surface area contributed by atoms with Crippen LogP contribution in [0.5, 0.6) is 5.75 Å². The second kappa shape index (κ2) is 4.87. The van der Waals surface area contributed by atoms with Gasteiger partial charge in [-0.3, -0.25) is 4.79 Å². The predicted octanol–water partition coefficient (Wildman–Crippen LogP) is 2.78. The molecule has 0 N–H and O–H groups in total. The summed E-state index contributed by atoms with van der Waals surface area (Å²) >= 11 is 3.36. The molecule has 1 fully saturated rings. The summed E-state index contributed by atoms with van der Waals surface area (Å²) in [5, 5.41) is 0. The van der Waals surface area contributed by atoms with Gasteiger partial charge in [0.2, 0.25) is 0 Å². The van der Waals surface area contributed by atoms with Gasteiger partial charge in [0.05, 0.1) is 13.0 Å². The monoisotopic (exact) mass is 284 g/mol. The van der Waals surface area contributed by atoms with Crippen LogP contribution in [-0.2, 0) is 9.53 Å². The zero-order chi connectivity index (χ0) is 11.5. The van der Waals surface area contributed by atoms with Gasteiger partial charge in [-0.2, -0.15) is 0 Å². The van der Waals surface area contributed by atoms with E-state index in [1.165, 1.54) is 7.11 Å². The van der Waals surface area contributed by atoms with Gasteiger partial charge >= 0.3 is 5.97 Å². The Bertz CT molecular complexity index is 368. The van der Waals surface area contributed by atoms with Gasteiger partial charge in [-0.15, -0.1) is 0 Å². The number of rotatable bonds is 3. The van der Waals surface area contributed by atoms with E-state index >= 15 is 0 Å². The summed E-state index contributed by atoms with van der Waals surface area (Å²) in [4.78, 5) is 11.2. The number of hydrogen-bond donors (Lipinski definition) is 0. The van der Waals surface area contributed by atoms with Gasteiger partial charge in [-0.05, 0) is 37.1 Å². The van der Waals surface area contributed by atoms with Crippen LogP contribution in [0, 0.1) is 5.92 Å². The molecule has 0 unspecified atom stereocenters. The molecule has 0 spiro atoms. The molecule has 0 aromatic heterocycles. The van der Waals surface area contributed by atoms with Crippen molar-refractivity contribution in [1.82, 2.24) is 0 Å². The van der Waals surface area contributed by atoms with E-state index < -0.39 is 0 Å². The molecule has 16 heavy (non-hydrogen) atoms. The molecule has 1 aliphatic rings. The van der Waals surface area contributed by atoms with Crippen LogP contribution in [0.3, 0.4) is 0 Å². The molecule has 0 bridgehead atoms. The third-order valence-corrected chi connectivity index (χ3v) is 3.27. The number of ether oxygens (including phenoxy) is 2. The highest BCUT2D eigenvalue weighted by molar-refractivity contribution is 9.10. The van der Waals surface area contributed by atoms with E-state index in [2.05, 4.69) is 20.7 Å². The van der Waals surface area contributed by atoms with Crippen LogP contribution in [0.15, 0.2) is 28.7 Å². The van der Waals surface area contributed by atoms with Gasteiger partial charge in [0.1, 0.15) is 11.9 Å². The smallest absolute Gasteiger partial charge is 0.308 e. The first-order valence-corrected chi connectivity index (χ1v) is 5.98. The van der Waals surface area contributed by atoms with Gasteiger partial charge in [-0.25, -0.2) is 0 Å². The van der Waals surface area contributed by atoms with Crippen molar-refractivity contribution in [3.8, 4) is 5.75 Å². The fourth-order valence-corrected chi connectivity index (χ4v) is 1.99. The number of carbonyl (C=O) groups excluding carboxylic acids is 1. The maximum atomic E-state index is 11.2. The Hall–Kier alpha value is -1.03. The normalized spacial score (nSPS) is 23.4. The number of carbonyl (C=O) groups is 1. The molecule has 0 amide bonds. The Morgan fingerprint density at radius 3 is 2.50 bits per heavy atom. The highest BCUT2D eigenvalue weighted by atomic mass is 79.9. The summed E-state index contributed by atoms with van der Waals surface area (Å²) in [6.07, 6.45) is 1.65. The molecule has 0 saturated heterocycles. The Morgan fingerprint density at radius 2 is 1.94 bits per heavy atom. The lowest BCUT2D eigenvalue weighted by Crippen LogP contribution is -2.38. The molecule has 1 saturated carbocycles. The Morgan fingerprint density at radius 1 is 1.31 bits per heavy atom. The summed E-state index contributed by atoms with van der Waals surface area (Å²) in [5.41, 5.74) is 0. The molecule has 1 aromatic rings. The van der Waals surface area contributed by atoms with Crippen molar-refractivity contribution in [3.05, 3.63) is 28.7 Å². The quantitative estimate of drug-likeness (QED) is 0.801. The number of halogens is 1. The maximum absolute atomic E-state index is 11.2. The van der Waals surface area contributed by atoms with Crippen LogP contribution in [0.1, 0.15) is 12.8 Å². The van der Waals surface area contributed by atoms with E-state index in [0.717, 1.165) is 23.1 Å². The minimum Gasteiger partial charge on any atom is -0.490 e. The van der Waals surface area contributed by atoms with E-state index in [-0.39, 0.29) is 18.0 Å². The highest BCUT2D eigenvalue weighted by Crippen LogP contribution is 2.32. The third-order valence-electron chi connectivity index (χ3n) is 2.75. The molecule has 4 heteroatoms. The van der Waals surface area contributed by atoms with E-state index in [0.29, 0.717) is 0 Å². The van der Waals surface area contributed by atoms with Crippen molar-refractivity contribution in [1.29, 1.82) is 0 Å². The topological polar surface area (TPSA) is 35.5 Å². The SMILES string of the molecule is COC(=O)[C@H]1C[C@@H](Oc2ccc(Br)cc2)C1. The first-order chi connectivity index (χ1) is 7.69. The molecule has 0 aliphatic heterocycles. The second-order valence-electron chi connectivity index (χ2n) is 3.89. The van der Waals surface area contributed by atoms with Crippen LogP contribution >= 0.6 is 15.9 Å². The number of hydrogen-bond acceptors (Lipinski definition) is 3. The molecule has 1 aromatic carbocycles. The lowest BCUT2D eigenvalue weighted by molar-refractivity contribution is -0.151. The van der Waals surface area contributed by atoms with Crippen LogP contribution < -0.4 is 4.74 Å².